The van der Waals surface area contributed by atoms with Crippen LogP contribution >= 0.6 is 0 Å². The molecule has 0 spiro atoms. The molecule has 1 aliphatic heterocycles. The molecule has 3 nitrogen and oxygen atoms in total. The maximum Gasteiger partial charge on any atom is 0.0727 e. The van der Waals surface area contributed by atoms with Crippen molar-refractivity contribution in [3.63, 3.8) is 0 Å². The Kier molecular flexibility index (Phi) is 2.82. The molecular weight excluding hydrogens is 180 g/mol. The van der Waals surface area contributed by atoms with Crippen LogP contribution in [-0.4, -0.2) is 35.6 Å². The monoisotopic (exact) mass is 200 g/mol. The van der Waals surface area contributed by atoms with E-state index >= 15 is 0 Å². The molecule has 0 radical (unpaired) electrons. The van der Waals surface area contributed by atoms with Crippen LogP contribution in [0.15, 0.2) is 0 Å². The topological polar surface area (TPSA) is 49.7 Å². The zero-order valence-electron chi connectivity index (χ0n) is 8.67. The van der Waals surface area contributed by atoms with Gasteiger partial charge in [0.2, 0.25) is 0 Å². The Morgan fingerprint density at radius 3 is 2.07 bits per heavy atom. The molecule has 1 saturated carbocycles. The van der Waals surface area contributed by atoms with Crippen molar-refractivity contribution in [2.45, 2.75) is 44.1 Å². The SMILES string of the molecule is OCC1(C2(O)CCCC2)CCOCC1. The van der Waals surface area contributed by atoms with Gasteiger partial charge in [0.15, 0.2) is 0 Å². The smallest absolute Gasteiger partial charge is 0.0727 e. The molecule has 2 aliphatic rings. The average Bonchev–Trinajstić information content (AvgIpc) is 2.68. The predicted molar refractivity (Wildman–Crippen MR) is 53.0 cm³/mol. The van der Waals surface area contributed by atoms with Crippen LogP contribution in [0, 0.1) is 5.41 Å². The molecule has 1 saturated heterocycles. The van der Waals surface area contributed by atoms with Crippen LogP contribution in [0.5, 0.6) is 0 Å². The molecule has 82 valence electrons. The lowest BCUT2D eigenvalue weighted by Gasteiger charge is -2.46. The molecule has 2 rings (SSSR count). The summed E-state index contributed by atoms with van der Waals surface area (Å²) in [5.41, 5.74) is -0.896. The highest BCUT2D eigenvalue weighted by Gasteiger charge is 2.51. The van der Waals surface area contributed by atoms with Crippen molar-refractivity contribution in [2.75, 3.05) is 19.8 Å². The molecule has 0 unspecified atom stereocenters. The first-order valence-corrected chi connectivity index (χ1v) is 5.63. The Morgan fingerprint density at radius 1 is 1.00 bits per heavy atom. The van der Waals surface area contributed by atoms with E-state index in [-0.39, 0.29) is 12.0 Å². The zero-order valence-corrected chi connectivity index (χ0v) is 8.67. The second-order valence-electron chi connectivity index (χ2n) is 4.79. The van der Waals surface area contributed by atoms with Crippen molar-refractivity contribution >= 4 is 0 Å². The van der Waals surface area contributed by atoms with Crippen LogP contribution in [0.3, 0.4) is 0 Å². The Balaban J connectivity index is 2.16. The third-order valence-corrected chi connectivity index (χ3v) is 4.17. The highest BCUT2D eigenvalue weighted by molar-refractivity contribution is 5.02. The Hall–Kier alpha value is -0.120. The molecule has 0 amide bonds. The van der Waals surface area contributed by atoms with Gasteiger partial charge in [-0.05, 0) is 25.7 Å². The highest BCUT2D eigenvalue weighted by Crippen LogP contribution is 2.49. The summed E-state index contributed by atoms with van der Waals surface area (Å²) in [6, 6.07) is 0. The minimum atomic E-state index is -0.620. The van der Waals surface area contributed by atoms with E-state index < -0.39 is 5.60 Å². The lowest BCUT2D eigenvalue weighted by Crippen LogP contribution is -2.51. The largest absolute Gasteiger partial charge is 0.396 e. The van der Waals surface area contributed by atoms with Gasteiger partial charge in [-0.2, -0.15) is 0 Å². The summed E-state index contributed by atoms with van der Waals surface area (Å²) in [7, 11) is 0. The Bertz CT molecular complexity index is 191. The molecule has 2 N–H and O–H groups in total. The van der Waals surface area contributed by atoms with Crippen LogP contribution < -0.4 is 0 Å². The Morgan fingerprint density at radius 2 is 1.57 bits per heavy atom. The first kappa shape index (κ1) is 10.4. The number of ether oxygens (including phenoxy) is 1. The quantitative estimate of drug-likeness (QED) is 0.701. The van der Waals surface area contributed by atoms with Gasteiger partial charge >= 0.3 is 0 Å². The maximum absolute atomic E-state index is 10.6. The molecule has 0 atom stereocenters. The summed E-state index contributed by atoms with van der Waals surface area (Å²) < 4.78 is 5.31. The van der Waals surface area contributed by atoms with Crippen molar-refractivity contribution in [1.29, 1.82) is 0 Å². The average molecular weight is 200 g/mol. The standard InChI is InChI=1S/C11H20O3/c12-9-10(5-7-14-8-6-10)11(13)3-1-2-4-11/h12-13H,1-9H2. The number of aliphatic hydroxyl groups is 2. The molecule has 3 heteroatoms. The van der Waals surface area contributed by atoms with Crippen LogP contribution in [0.25, 0.3) is 0 Å². The van der Waals surface area contributed by atoms with Gasteiger partial charge in [0.25, 0.3) is 0 Å². The lowest BCUT2D eigenvalue weighted by molar-refractivity contribution is -0.149. The van der Waals surface area contributed by atoms with Gasteiger partial charge in [-0.15, -0.1) is 0 Å². The minimum absolute atomic E-state index is 0.104. The van der Waals surface area contributed by atoms with Gasteiger partial charge in [-0.1, -0.05) is 12.8 Å². The number of hydrogen-bond acceptors (Lipinski definition) is 3. The van der Waals surface area contributed by atoms with Crippen LogP contribution in [0.1, 0.15) is 38.5 Å². The third kappa shape index (κ3) is 1.47. The first-order chi connectivity index (χ1) is 6.72. The second-order valence-corrected chi connectivity index (χ2v) is 4.79. The first-order valence-electron chi connectivity index (χ1n) is 5.63. The van der Waals surface area contributed by atoms with E-state index in [1.165, 1.54) is 0 Å². The van der Waals surface area contributed by atoms with Crippen LogP contribution in [0.4, 0.5) is 0 Å². The van der Waals surface area contributed by atoms with E-state index in [2.05, 4.69) is 0 Å². The summed E-state index contributed by atoms with van der Waals surface area (Å²) >= 11 is 0. The summed E-state index contributed by atoms with van der Waals surface area (Å²) in [6.07, 6.45) is 5.51. The predicted octanol–water partition coefficient (Wildman–Crippen LogP) is 1.08. The normalized spacial score (nSPS) is 30.4. The van der Waals surface area contributed by atoms with Gasteiger partial charge in [-0.3, -0.25) is 0 Å². The van der Waals surface area contributed by atoms with E-state index in [9.17, 15) is 10.2 Å². The minimum Gasteiger partial charge on any atom is -0.396 e. The van der Waals surface area contributed by atoms with Crippen molar-refractivity contribution in [2.24, 2.45) is 5.41 Å². The zero-order chi connectivity index (χ0) is 10.1. The molecule has 0 aromatic rings. The number of hydrogen-bond donors (Lipinski definition) is 2. The Labute approximate surface area is 85.1 Å². The fraction of sp³-hybridized carbons (Fsp3) is 1.00. The number of rotatable bonds is 2. The van der Waals surface area contributed by atoms with Crippen molar-refractivity contribution in [3.05, 3.63) is 0 Å². The fourth-order valence-corrected chi connectivity index (χ4v) is 3.02. The van der Waals surface area contributed by atoms with Crippen molar-refractivity contribution < 1.29 is 14.9 Å². The van der Waals surface area contributed by atoms with Gasteiger partial charge in [-0.25, -0.2) is 0 Å². The lowest BCUT2D eigenvalue weighted by atomic mass is 9.66. The fourth-order valence-electron chi connectivity index (χ4n) is 3.02. The molecule has 1 heterocycles. The van der Waals surface area contributed by atoms with Crippen LogP contribution in [-0.2, 0) is 4.74 Å². The summed E-state index contributed by atoms with van der Waals surface area (Å²) in [4.78, 5) is 0. The molecule has 0 aromatic carbocycles. The second kappa shape index (κ2) is 3.80. The highest BCUT2D eigenvalue weighted by atomic mass is 16.5. The summed E-state index contributed by atoms with van der Waals surface area (Å²) in [5, 5.41) is 20.1. The maximum atomic E-state index is 10.6. The van der Waals surface area contributed by atoms with Gasteiger partial charge in [0.1, 0.15) is 0 Å². The molecule has 1 aliphatic carbocycles. The third-order valence-electron chi connectivity index (χ3n) is 4.17. The van der Waals surface area contributed by atoms with E-state index in [4.69, 9.17) is 4.74 Å². The number of aliphatic hydroxyl groups excluding tert-OH is 1. The van der Waals surface area contributed by atoms with E-state index in [0.29, 0.717) is 13.2 Å². The summed E-state index contributed by atoms with van der Waals surface area (Å²) in [6.45, 7) is 1.47. The van der Waals surface area contributed by atoms with Crippen LogP contribution in [0.2, 0.25) is 0 Å². The molecule has 0 aromatic heterocycles. The van der Waals surface area contributed by atoms with Crippen molar-refractivity contribution in [1.82, 2.24) is 0 Å². The molecular formula is C11H20O3. The van der Waals surface area contributed by atoms with E-state index in [1.807, 2.05) is 0 Å². The van der Waals surface area contributed by atoms with Gasteiger partial charge in [0, 0.05) is 18.6 Å². The van der Waals surface area contributed by atoms with Gasteiger partial charge in [0.05, 0.1) is 12.2 Å². The summed E-state index contributed by atoms with van der Waals surface area (Å²) in [5.74, 6) is 0. The van der Waals surface area contributed by atoms with Crippen molar-refractivity contribution in [3.8, 4) is 0 Å². The molecule has 2 fully saturated rings. The van der Waals surface area contributed by atoms with Gasteiger partial charge < -0.3 is 14.9 Å². The van der Waals surface area contributed by atoms with E-state index in [0.717, 1.165) is 38.5 Å². The van der Waals surface area contributed by atoms with E-state index in [1.54, 1.807) is 0 Å². The molecule has 14 heavy (non-hydrogen) atoms. The molecule has 0 bridgehead atoms.